The van der Waals surface area contributed by atoms with Gasteiger partial charge in [0.1, 0.15) is 5.75 Å². The Morgan fingerprint density at radius 2 is 1.55 bits per heavy atom. The first kappa shape index (κ1) is 36.3. The number of rotatable bonds is 19. The Bertz CT molecular complexity index is 1080. The number of ether oxygens (including phenoxy) is 1. The van der Waals surface area contributed by atoms with Crippen molar-refractivity contribution in [1.82, 2.24) is 4.90 Å². The van der Waals surface area contributed by atoms with E-state index in [-0.39, 0.29) is 28.3 Å². The molecule has 0 radical (unpaired) electrons. The first-order chi connectivity index (χ1) is 19.8. The maximum Gasteiger partial charge on any atom is 0.228 e. The van der Waals surface area contributed by atoms with Crippen LogP contribution in [0.2, 0.25) is 0 Å². The maximum atomic E-state index is 12.9. The summed E-state index contributed by atoms with van der Waals surface area (Å²) in [4.78, 5) is 15.2. The Hall–Kier alpha value is -1.92. The SMILES string of the molecule is Br.CCCCCCCCCCCCCCOc1cc(CC(=O)Nc2cccc(CN3C=CSC3)c2)ccc1C(C)(C)C. The van der Waals surface area contributed by atoms with Crippen molar-refractivity contribution in [1.29, 1.82) is 0 Å². The molecule has 0 saturated heterocycles. The quantitative estimate of drug-likeness (QED) is 0.152. The molecule has 1 aliphatic rings. The minimum atomic E-state index is -0.0177. The molecule has 4 nitrogen and oxygen atoms in total. The van der Waals surface area contributed by atoms with Gasteiger partial charge in [0.25, 0.3) is 0 Å². The summed E-state index contributed by atoms with van der Waals surface area (Å²) in [5.41, 5.74) is 4.20. The highest BCUT2D eigenvalue weighted by Crippen LogP contribution is 2.32. The smallest absolute Gasteiger partial charge is 0.228 e. The van der Waals surface area contributed by atoms with Crippen LogP contribution in [0.4, 0.5) is 5.69 Å². The van der Waals surface area contributed by atoms with Crippen molar-refractivity contribution in [3.63, 3.8) is 0 Å². The lowest BCUT2D eigenvalue weighted by Crippen LogP contribution is -2.17. The third kappa shape index (κ3) is 14.0. The predicted molar refractivity (Wildman–Crippen MR) is 188 cm³/mol. The number of amides is 1. The van der Waals surface area contributed by atoms with Crippen LogP contribution in [0.15, 0.2) is 54.1 Å². The molecule has 2 aromatic carbocycles. The summed E-state index contributed by atoms with van der Waals surface area (Å²) >= 11 is 1.80. The van der Waals surface area contributed by atoms with E-state index in [0.29, 0.717) is 6.42 Å². The van der Waals surface area contributed by atoms with Gasteiger partial charge in [0, 0.05) is 18.4 Å². The summed E-state index contributed by atoms with van der Waals surface area (Å²) in [7, 11) is 0. The van der Waals surface area contributed by atoms with Gasteiger partial charge in [-0.3, -0.25) is 4.79 Å². The summed E-state index contributed by atoms with van der Waals surface area (Å²) in [6, 6.07) is 14.4. The number of anilines is 1. The number of unbranched alkanes of at least 4 members (excludes halogenated alkanes) is 11. The predicted octanol–water partition coefficient (Wildman–Crippen LogP) is 10.8. The van der Waals surface area contributed by atoms with Gasteiger partial charge >= 0.3 is 0 Å². The van der Waals surface area contributed by atoms with Gasteiger partial charge in [-0.05, 0) is 52.1 Å². The molecule has 6 heteroatoms. The molecule has 1 aliphatic heterocycles. The number of thioether (sulfide) groups is 1. The Morgan fingerprint density at radius 1 is 0.881 bits per heavy atom. The van der Waals surface area contributed by atoms with E-state index in [1.807, 2.05) is 12.1 Å². The number of nitrogens with zero attached hydrogens (tertiary/aromatic N) is 1. The van der Waals surface area contributed by atoms with E-state index < -0.39 is 0 Å². The molecule has 1 N–H and O–H groups in total. The minimum absolute atomic E-state index is 0. The lowest BCUT2D eigenvalue weighted by Gasteiger charge is -2.23. The molecule has 234 valence electrons. The van der Waals surface area contributed by atoms with E-state index in [4.69, 9.17) is 4.74 Å². The van der Waals surface area contributed by atoms with Gasteiger partial charge in [0.05, 0.1) is 18.9 Å². The summed E-state index contributed by atoms with van der Waals surface area (Å²) < 4.78 is 6.33. The molecular formula is C36H55BrN2O2S. The number of carbonyl (C=O) groups is 1. The zero-order valence-corrected chi connectivity index (χ0v) is 29.1. The third-order valence-corrected chi connectivity index (χ3v) is 8.47. The molecule has 0 atom stereocenters. The third-order valence-electron chi connectivity index (χ3n) is 7.68. The molecule has 2 aromatic rings. The van der Waals surface area contributed by atoms with Gasteiger partial charge in [-0.15, -0.1) is 28.7 Å². The molecule has 0 unspecified atom stereocenters. The highest BCUT2D eigenvalue weighted by Gasteiger charge is 2.20. The van der Waals surface area contributed by atoms with Crippen LogP contribution >= 0.6 is 28.7 Å². The molecule has 0 spiro atoms. The van der Waals surface area contributed by atoms with Crippen molar-refractivity contribution in [2.45, 2.75) is 123 Å². The molecular weight excluding hydrogens is 604 g/mol. The van der Waals surface area contributed by atoms with E-state index in [9.17, 15) is 4.79 Å². The van der Waals surface area contributed by atoms with Gasteiger partial charge in [-0.2, -0.15) is 0 Å². The fraction of sp³-hybridized carbons (Fsp3) is 0.583. The average molecular weight is 660 g/mol. The fourth-order valence-corrected chi connectivity index (χ4v) is 6.04. The second kappa shape index (κ2) is 20.1. The molecule has 1 amide bonds. The van der Waals surface area contributed by atoms with Gasteiger partial charge in [-0.1, -0.05) is 123 Å². The van der Waals surface area contributed by atoms with Crippen molar-refractivity contribution >= 4 is 40.3 Å². The van der Waals surface area contributed by atoms with Crippen LogP contribution in [0.5, 0.6) is 5.75 Å². The van der Waals surface area contributed by atoms with Crippen LogP contribution < -0.4 is 10.1 Å². The lowest BCUT2D eigenvalue weighted by atomic mass is 9.85. The number of halogens is 1. The Balaban J connectivity index is 0.00000616. The van der Waals surface area contributed by atoms with Gasteiger partial charge in [0.15, 0.2) is 0 Å². The highest BCUT2D eigenvalue weighted by atomic mass is 79.9. The Labute approximate surface area is 271 Å². The molecule has 0 fully saturated rings. The normalized spacial score (nSPS) is 12.8. The highest BCUT2D eigenvalue weighted by molar-refractivity contribution is 8.93. The topological polar surface area (TPSA) is 41.6 Å². The van der Waals surface area contributed by atoms with Crippen molar-refractivity contribution in [3.8, 4) is 5.75 Å². The summed E-state index contributed by atoms with van der Waals surface area (Å²) in [6.07, 6.45) is 18.5. The first-order valence-electron chi connectivity index (χ1n) is 16.0. The molecule has 1 heterocycles. The van der Waals surface area contributed by atoms with Gasteiger partial charge < -0.3 is 15.0 Å². The Kier molecular flexibility index (Phi) is 17.4. The Morgan fingerprint density at radius 3 is 2.17 bits per heavy atom. The van der Waals surface area contributed by atoms with Crippen LogP contribution in [0.3, 0.4) is 0 Å². The number of hydrogen-bond donors (Lipinski definition) is 1. The van der Waals surface area contributed by atoms with E-state index in [1.165, 1.54) is 81.8 Å². The minimum Gasteiger partial charge on any atom is -0.493 e. The maximum absolute atomic E-state index is 12.9. The summed E-state index contributed by atoms with van der Waals surface area (Å²) in [5, 5.41) is 5.21. The monoisotopic (exact) mass is 658 g/mol. The van der Waals surface area contributed by atoms with E-state index >= 15 is 0 Å². The number of carbonyl (C=O) groups excluding carboxylic acids is 1. The lowest BCUT2D eigenvalue weighted by molar-refractivity contribution is -0.115. The van der Waals surface area contributed by atoms with Crippen molar-refractivity contribution in [2.24, 2.45) is 0 Å². The molecule has 0 aliphatic carbocycles. The molecule has 0 bridgehead atoms. The zero-order chi connectivity index (χ0) is 29.3. The van der Waals surface area contributed by atoms with Crippen LogP contribution in [0.1, 0.15) is 121 Å². The number of benzene rings is 2. The molecule has 0 saturated carbocycles. The average Bonchev–Trinajstić information content (AvgIpc) is 3.44. The van der Waals surface area contributed by atoms with Crippen molar-refractivity contribution in [2.75, 3.05) is 17.8 Å². The molecule has 3 rings (SSSR count). The fourth-order valence-electron chi connectivity index (χ4n) is 5.32. The summed E-state index contributed by atoms with van der Waals surface area (Å²) in [5.74, 6) is 1.89. The number of nitrogens with one attached hydrogen (secondary N) is 1. The van der Waals surface area contributed by atoms with Crippen LogP contribution in [-0.4, -0.2) is 23.3 Å². The molecule has 0 aromatic heterocycles. The van der Waals surface area contributed by atoms with Crippen molar-refractivity contribution < 1.29 is 9.53 Å². The van der Waals surface area contributed by atoms with Gasteiger partial charge in [0.2, 0.25) is 5.91 Å². The van der Waals surface area contributed by atoms with Gasteiger partial charge in [-0.25, -0.2) is 0 Å². The summed E-state index contributed by atoms with van der Waals surface area (Å²) in [6.45, 7) is 10.5. The van der Waals surface area contributed by atoms with E-state index in [1.54, 1.807) is 11.8 Å². The zero-order valence-electron chi connectivity index (χ0n) is 26.6. The van der Waals surface area contributed by atoms with Crippen LogP contribution in [0.25, 0.3) is 0 Å². The van der Waals surface area contributed by atoms with Crippen LogP contribution in [0, 0.1) is 0 Å². The van der Waals surface area contributed by atoms with Crippen LogP contribution in [-0.2, 0) is 23.2 Å². The number of hydrogen-bond acceptors (Lipinski definition) is 4. The van der Waals surface area contributed by atoms with E-state index in [2.05, 4.69) is 79.9 Å². The first-order valence-corrected chi connectivity index (χ1v) is 17.1. The standard InChI is InChI=1S/C36H54N2O2S.BrH/c1-5-6-7-8-9-10-11-12-13-14-15-16-23-40-34-26-30(20-21-33(34)36(2,3)4)27-35(39)37-32-19-17-18-31(25-32)28-38-22-24-41-29-38;/h17-22,24-26H,5-16,23,27-29H2,1-4H3,(H,37,39);1H. The second-order valence-electron chi connectivity index (χ2n) is 12.6. The van der Waals surface area contributed by atoms with E-state index in [0.717, 1.165) is 42.4 Å². The molecule has 42 heavy (non-hydrogen) atoms. The largest absolute Gasteiger partial charge is 0.493 e. The van der Waals surface area contributed by atoms with Crippen molar-refractivity contribution in [3.05, 3.63) is 70.8 Å². The second-order valence-corrected chi connectivity index (χ2v) is 13.4.